The summed E-state index contributed by atoms with van der Waals surface area (Å²) >= 11 is 0. The summed E-state index contributed by atoms with van der Waals surface area (Å²) in [6.07, 6.45) is 0.287. The van der Waals surface area contributed by atoms with Gasteiger partial charge in [0.15, 0.2) is 0 Å². The summed E-state index contributed by atoms with van der Waals surface area (Å²) in [5.74, 6) is -1.67. The molecule has 2 aliphatic carbocycles. The number of aliphatic carboxylic acids is 1. The fourth-order valence-electron chi connectivity index (χ4n) is 4.36. The van der Waals surface area contributed by atoms with Crippen LogP contribution in [-0.4, -0.2) is 41.8 Å². The maximum absolute atomic E-state index is 12.7. The fourth-order valence-corrected chi connectivity index (χ4v) is 4.36. The van der Waals surface area contributed by atoms with Gasteiger partial charge in [0, 0.05) is 12.5 Å². The summed E-state index contributed by atoms with van der Waals surface area (Å²) in [5, 5.41) is 14.5. The smallest absolute Gasteiger partial charge is 0.408 e. The Bertz CT molecular complexity index is 1010. The van der Waals surface area contributed by atoms with Gasteiger partial charge in [0.2, 0.25) is 5.91 Å². The lowest BCUT2D eigenvalue weighted by molar-refractivity contribution is -0.139. The van der Waals surface area contributed by atoms with Crippen molar-refractivity contribution in [3.8, 4) is 11.1 Å². The Labute approximate surface area is 187 Å². The van der Waals surface area contributed by atoms with Gasteiger partial charge in [-0.25, -0.2) is 4.79 Å². The first-order chi connectivity index (χ1) is 15.3. The fraction of sp³-hybridized carbons (Fsp3) is 0.400. The van der Waals surface area contributed by atoms with Gasteiger partial charge in [-0.05, 0) is 47.9 Å². The average Bonchev–Trinajstić information content (AvgIpc) is 3.51. The third-order valence-corrected chi connectivity index (χ3v) is 6.69. The van der Waals surface area contributed by atoms with Crippen LogP contribution in [0.15, 0.2) is 48.5 Å². The monoisotopic (exact) mass is 436 g/mol. The van der Waals surface area contributed by atoms with Crippen LogP contribution in [0.5, 0.6) is 0 Å². The van der Waals surface area contributed by atoms with E-state index in [1.165, 1.54) is 0 Å². The van der Waals surface area contributed by atoms with Crippen LogP contribution in [-0.2, 0) is 14.3 Å². The predicted molar refractivity (Wildman–Crippen MR) is 119 cm³/mol. The van der Waals surface area contributed by atoms with Gasteiger partial charge in [0.25, 0.3) is 0 Å². The molecule has 0 bridgehead atoms. The van der Waals surface area contributed by atoms with Crippen LogP contribution in [0.25, 0.3) is 11.1 Å². The second kappa shape index (κ2) is 8.65. The number of ether oxygens (including phenoxy) is 1. The van der Waals surface area contributed by atoms with Crippen LogP contribution in [0.1, 0.15) is 43.7 Å². The molecule has 2 aromatic carbocycles. The first-order valence-corrected chi connectivity index (χ1v) is 11.0. The Hall–Kier alpha value is -3.35. The number of hydrogen-bond acceptors (Lipinski definition) is 4. The third kappa shape index (κ3) is 4.20. The molecule has 1 unspecified atom stereocenters. The first-order valence-electron chi connectivity index (χ1n) is 11.0. The maximum atomic E-state index is 12.7. The number of carbonyl (C=O) groups is 3. The van der Waals surface area contributed by atoms with Gasteiger partial charge in [0.05, 0.1) is 5.92 Å². The van der Waals surface area contributed by atoms with Gasteiger partial charge in [-0.1, -0.05) is 55.5 Å². The van der Waals surface area contributed by atoms with Crippen LogP contribution in [0.3, 0.4) is 0 Å². The van der Waals surface area contributed by atoms with E-state index in [1.807, 2.05) is 36.4 Å². The number of fused-ring (bicyclic) bond motifs is 3. The number of carbonyl (C=O) groups excluding carboxylic acids is 2. The predicted octanol–water partition coefficient (Wildman–Crippen LogP) is 3.53. The second-order valence-corrected chi connectivity index (χ2v) is 8.79. The van der Waals surface area contributed by atoms with E-state index in [0.29, 0.717) is 12.8 Å². The maximum Gasteiger partial charge on any atom is 0.408 e. The van der Waals surface area contributed by atoms with Crippen molar-refractivity contribution in [3.63, 3.8) is 0 Å². The Morgan fingerprint density at radius 3 is 2.19 bits per heavy atom. The number of benzene rings is 2. The Kier molecular flexibility index (Phi) is 5.91. The Morgan fingerprint density at radius 2 is 1.66 bits per heavy atom. The molecule has 0 saturated heterocycles. The number of carboxylic acid groups (broad SMARTS) is 1. The van der Waals surface area contributed by atoms with E-state index in [-0.39, 0.29) is 30.9 Å². The molecule has 2 aromatic rings. The molecule has 0 aromatic heterocycles. The van der Waals surface area contributed by atoms with Crippen molar-refractivity contribution in [2.45, 2.75) is 38.1 Å². The summed E-state index contributed by atoms with van der Waals surface area (Å²) in [7, 11) is 0. The molecule has 7 heteroatoms. The standard InChI is InChI=1S/C25H28N2O5/c1-3-25(2,23(30)26-13-15-12-20(15)22(28)29)27-24(31)32-14-21-18-10-6-4-8-16(18)17-9-5-7-11-19(17)21/h4-11,15,20-21H,3,12-14H2,1-2H3,(H,26,30)(H,27,31)(H,28,29)/t15-,20-,25?/m1/s1. The number of carboxylic acids is 1. The van der Waals surface area contributed by atoms with Crippen molar-refractivity contribution in [2.24, 2.45) is 11.8 Å². The van der Waals surface area contributed by atoms with E-state index in [0.717, 1.165) is 22.3 Å². The van der Waals surface area contributed by atoms with Gasteiger partial charge >= 0.3 is 12.1 Å². The Morgan fingerprint density at radius 1 is 1.06 bits per heavy atom. The van der Waals surface area contributed by atoms with Crippen LogP contribution in [0, 0.1) is 11.8 Å². The van der Waals surface area contributed by atoms with E-state index < -0.39 is 23.5 Å². The molecule has 3 N–H and O–H groups in total. The number of amides is 2. The summed E-state index contributed by atoms with van der Waals surface area (Å²) in [4.78, 5) is 36.3. The summed E-state index contributed by atoms with van der Waals surface area (Å²) in [6.45, 7) is 3.91. The van der Waals surface area contributed by atoms with Crippen molar-refractivity contribution in [2.75, 3.05) is 13.2 Å². The number of nitrogens with one attached hydrogen (secondary N) is 2. The first kappa shape index (κ1) is 21.9. The van der Waals surface area contributed by atoms with Gasteiger partial charge in [0.1, 0.15) is 12.1 Å². The zero-order valence-electron chi connectivity index (χ0n) is 18.3. The van der Waals surface area contributed by atoms with Crippen LogP contribution in [0.4, 0.5) is 4.79 Å². The molecule has 1 saturated carbocycles. The van der Waals surface area contributed by atoms with Gasteiger partial charge in [-0.15, -0.1) is 0 Å². The molecule has 3 atom stereocenters. The second-order valence-electron chi connectivity index (χ2n) is 8.79. The lowest BCUT2D eigenvalue weighted by Crippen LogP contribution is -2.57. The van der Waals surface area contributed by atoms with Crippen LogP contribution >= 0.6 is 0 Å². The molecule has 168 valence electrons. The van der Waals surface area contributed by atoms with E-state index in [2.05, 4.69) is 22.8 Å². The molecule has 2 aliphatic rings. The average molecular weight is 437 g/mol. The summed E-state index contributed by atoms with van der Waals surface area (Å²) in [6, 6.07) is 16.2. The van der Waals surface area contributed by atoms with Crippen molar-refractivity contribution < 1.29 is 24.2 Å². The minimum absolute atomic E-state index is 0.0491. The lowest BCUT2D eigenvalue weighted by Gasteiger charge is -2.28. The number of rotatable bonds is 8. The topological polar surface area (TPSA) is 105 Å². The molecule has 0 spiro atoms. The number of alkyl carbamates (subject to hydrolysis) is 1. The SMILES string of the molecule is CCC(C)(NC(=O)OCC1c2ccccc2-c2ccccc21)C(=O)NC[C@H]1C[C@H]1C(=O)O. The van der Waals surface area contributed by atoms with Gasteiger partial charge in [-0.3, -0.25) is 9.59 Å². The summed E-state index contributed by atoms with van der Waals surface area (Å²) < 4.78 is 5.57. The third-order valence-electron chi connectivity index (χ3n) is 6.69. The molecular weight excluding hydrogens is 408 g/mol. The van der Waals surface area contributed by atoms with Gasteiger partial charge in [-0.2, -0.15) is 0 Å². The molecule has 32 heavy (non-hydrogen) atoms. The highest BCUT2D eigenvalue weighted by atomic mass is 16.5. The molecule has 0 radical (unpaired) electrons. The quantitative estimate of drug-likeness (QED) is 0.587. The highest BCUT2D eigenvalue weighted by Crippen LogP contribution is 2.44. The minimum Gasteiger partial charge on any atom is -0.481 e. The molecule has 4 rings (SSSR count). The lowest BCUT2D eigenvalue weighted by atomic mass is 9.97. The largest absolute Gasteiger partial charge is 0.481 e. The van der Waals surface area contributed by atoms with Gasteiger partial charge < -0.3 is 20.5 Å². The van der Waals surface area contributed by atoms with Crippen LogP contribution < -0.4 is 10.6 Å². The minimum atomic E-state index is -1.14. The van der Waals surface area contributed by atoms with Crippen molar-refractivity contribution >= 4 is 18.0 Å². The van der Waals surface area contributed by atoms with E-state index in [4.69, 9.17) is 9.84 Å². The molecular formula is C25H28N2O5. The van der Waals surface area contributed by atoms with E-state index >= 15 is 0 Å². The molecule has 0 heterocycles. The number of hydrogen-bond donors (Lipinski definition) is 3. The molecule has 0 aliphatic heterocycles. The molecule has 1 fully saturated rings. The van der Waals surface area contributed by atoms with Crippen molar-refractivity contribution in [1.82, 2.24) is 10.6 Å². The normalized spacial score (nSPS) is 20.4. The molecule has 2 amide bonds. The van der Waals surface area contributed by atoms with E-state index in [1.54, 1.807) is 13.8 Å². The highest BCUT2D eigenvalue weighted by Gasteiger charge is 2.44. The van der Waals surface area contributed by atoms with Crippen LogP contribution in [0.2, 0.25) is 0 Å². The highest BCUT2D eigenvalue weighted by molar-refractivity contribution is 5.89. The zero-order chi connectivity index (χ0) is 22.9. The molecule has 7 nitrogen and oxygen atoms in total. The van der Waals surface area contributed by atoms with Crippen molar-refractivity contribution in [1.29, 1.82) is 0 Å². The Balaban J connectivity index is 1.35. The summed E-state index contributed by atoms with van der Waals surface area (Å²) in [5.41, 5.74) is 3.39. The van der Waals surface area contributed by atoms with Crippen molar-refractivity contribution in [3.05, 3.63) is 59.7 Å². The van der Waals surface area contributed by atoms with E-state index in [9.17, 15) is 14.4 Å². The zero-order valence-corrected chi connectivity index (χ0v) is 18.3.